The Balaban J connectivity index is 1.74. The van der Waals surface area contributed by atoms with Crippen molar-refractivity contribution in [3.8, 4) is 22.4 Å². The topological polar surface area (TPSA) is 12.9 Å². The standard InChI is InChI=1S/C26H20FNS/c1-15-12-16(2)24(17(3)13-15)18-10-11-28-23(14-18)21-8-4-6-19-20-7-5-9-22(27)26(20)29-25(19)21/h4-14H,1-3H3. The van der Waals surface area contributed by atoms with Gasteiger partial charge in [-0.2, -0.15) is 0 Å². The summed E-state index contributed by atoms with van der Waals surface area (Å²) in [6, 6.07) is 20.1. The summed E-state index contributed by atoms with van der Waals surface area (Å²) >= 11 is 1.50. The zero-order chi connectivity index (χ0) is 20.1. The van der Waals surface area contributed by atoms with Crippen molar-refractivity contribution in [3.63, 3.8) is 0 Å². The van der Waals surface area contributed by atoms with Crippen molar-refractivity contribution in [1.82, 2.24) is 4.98 Å². The minimum atomic E-state index is -0.165. The number of hydrogen-bond acceptors (Lipinski definition) is 2. The number of aromatic nitrogens is 1. The van der Waals surface area contributed by atoms with Crippen LogP contribution in [0.2, 0.25) is 0 Å². The molecule has 2 aromatic heterocycles. The molecule has 142 valence electrons. The van der Waals surface area contributed by atoms with Crippen molar-refractivity contribution in [2.45, 2.75) is 20.8 Å². The Labute approximate surface area is 173 Å². The van der Waals surface area contributed by atoms with Crippen LogP contribution in [0.5, 0.6) is 0 Å². The Morgan fingerprint density at radius 3 is 2.24 bits per heavy atom. The summed E-state index contributed by atoms with van der Waals surface area (Å²) in [5.41, 5.74) is 8.19. The molecular formula is C26H20FNS. The number of fused-ring (bicyclic) bond motifs is 3. The highest BCUT2D eigenvalue weighted by Gasteiger charge is 2.14. The molecule has 0 bridgehead atoms. The Morgan fingerprint density at radius 1 is 0.793 bits per heavy atom. The van der Waals surface area contributed by atoms with E-state index in [2.05, 4.69) is 62.2 Å². The molecule has 2 heterocycles. The minimum absolute atomic E-state index is 0.165. The molecule has 0 saturated heterocycles. The average molecular weight is 398 g/mol. The van der Waals surface area contributed by atoms with Gasteiger partial charge >= 0.3 is 0 Å². The fraction of sp³-hybridized carbons (Fsp3) is 0.115. The molecule has 0 aliphatic heterocycles. The molecule has 5 aromatic rings. The van der Waals surface area contributed by atoms with E-state index in [0.29, 0.717) is 4.70 Å². The fourth-order valence-corrected chi connectivity index (χ4v) is 5.58. The zero-order valence-corrected chi connectivity index (χ0v) is 17.4. The number of rotatable bonds is 2. The van der Waals surface area contributed by atoms with Crippen LogP contribution < -0.4 is 0 Å². The Kier molecular flexibility index (Phi) is 4.21. The summed E-state index contributed by atoms with van der Waals surface area (Å²) in [5, 5.41) is 2.05. The Bertz CT molecular complexity index is 1370. The molecule has 0 aliphatic rings. The zero-order valence-electron chi connectivity index (χ0n) is 16.6. The second kappa shape index (κ2) is 6.78. The highest BCUT2D eigenvalue weighted by molar-refractivity contribution is 7.26. The molecule has 29 heavy (non-hydrogen) atoms. The predicted molar refractivity (Wildman–Crippen MR) is 122 cm³/mol. The molecule has 1 nitrogen and oxygen atoms in total. The lowest BCUT2D eigenvalue weighted by atomic mass is 9.93. The summed E-state index contributed by atoms with van der Waals surface area (Å²) in [4.78, 5) is 4.67. The third-order valence-electron chi connectivity index (χ3n) is 5.48. The van der Waals surface area contributed by atoms with Gasteiger partial charge in [-0.3, -0.25) is 4.98 Å². The van der Waals surface area contributed by atoms with E-state index in [1.165, 1.54) is 39.7 Å². The van der Waals surface area contributed by atoms with Crippen LogP contribution in [0.15, 0.2) is 66.9 Å². The molecule has 5 rings (SSSR count). The first-order chi connectivity index (χ1) is 14.0. The third-order valence-corrected chi connectivity index (χ3v) is 6.74. The quantitative estimate of drug-likeness (QED) is 0.295. The van der Waals surface area contributed by atoms with Gasteiger partial charge in [0.25, 0.3) is 0 Å². The first-order valence-corrected chi connectivity index (χ1v) is 10.5. The van der Waals surface area contributed by atoms with Crippen LogP contribution in [0.25, 0.3) is 42.6 Å². The van der Waals surface area contributed by atoms with Crippen LogP contribution in [0.3, 0.4) is 0 Å². The minimum Gasteiger partial charge on any atom is -0.256 e. The van der Waals surface area contributed by atoms with E-state index < -0.39 is 0 Å². The van der Waals surface area contributed by atoms with Crippen LogP contribution in [-0.2, 0) is 0 Å². The van der Waals surface area contributed by atoms with Crippen LogP contribution >= 0.6 is 11.3 Å². The molecule has 0 atom stereocenters. The van der Waals surface area contributed by atoms with Crippen molar-refractivity contribution in [2.75, 3.05) is 0 Å². The summed E-state index contributed by atoms with van der Waals surface area (Å²) in [5.74, 6) is -0.165. The largest absolute Gasteiger partial charge is 0.256 e. The fourth-order valence-electron chi connectivity index (χ4n) is 4.36. The van der Waals surface area contributed by atoms with Crippen molar-refractivity contribution in [1.29, 1.82) is 0 Å². The summed E-state index contributed by atoms with van der Waals surface area (Å²) in [7, 11) is 0. The molecule has 0 aliphatic carbocycles. The van der Waals surface area contributed by atoms with E-state index in [4.69, 9.17) is 0 Å². The predicted octanol–water partition coefficient (Wildman–Crippen LogP) is 7.85. The Morgan fingerprint density at radius 2 is 1.48 bits per heavy atom. The molecule has 3 aromatic carbocycles. The monoisotopic (exact) mass is 397 g/mol. The van der Waals surface area contributed by atoms with Gasteiger partial charge in [-0.25, -0.2) is 4.39 Å². The van der Waals surface area contributed by atoms with E-state index in [-0.39, 0.29) is 5.82 Å². The number of hydrogen-bond donors (Lipinski definition) is 0. The lowest BCUT2D eigenvalue weighted by molar-refractivity contribution is 0.642. The van der Waals surface area contributed by atoms with E-state index in [0.717, 1.165) is 32.3 Å². The number of aryl methyl sites for hydroxylation is 3. The molecule has 0 saturated carbocycles. The normalized spacial score (nSPS) is 11.4. The highest BCUT2D eigenvalue weighted by Crippen LogP contribution is 2.41. The molecule has 0 N–H and O–H groups in total. The third kappa shape index (κ3) is 2.93. The van der Waals surface area contributed by atoms with Gasteiger partial charge in [-0.05, 0) is 61.2 Å². The molecule has 0 radical (unpaired) electrons. The SMILES string of the molecule is Cc1cc(C)c(-c2ccnc(-c3cccc4c3sc3c(F)cccc34)c2)c(C)c1. The van der Waals surface area contributed by atoms with Gasteiger partial charge in [-0.15, -0.1) is 11.3 Å². The van der Waals surface area contributed by atoms with Crippen molar-refractivity contribution in [2.24, 2.45) is 0 Å². The maximum Gasteiger partial charge on any atom is 0.141 e. The maximum atomic E-state index is 14.4. The molecule has 0 unspecified atom stereocenters. The van der Waals surface area contributed by atoms with Gasteiger partial charge in [-0.1, -0.05) is 48.0 Å². The van der Waals surface area contributed by atoms with Crippen LogP contribution in [-0.4, -0.2) is 4.98 Å². The van der Waals surface area contributed by atoms with Crippen LogP contribution in [0.4, 0.5) is 4.39 Å². The van der Waals surface area contributed by atoms with E-state index in [9.17, 15) is 4.39 Å². The van der Waals surface area contributed by atoms with Gasteiger partial charge in [0.2, 0.25) is 0 Å². The van der Waals surface area contributed by atoms with Crippen LogP contribution in [0, 0.1) is 26.6 Å². The Hall–Kier alpha value is -3.04. The molecular weight excluding hydrogens is 377 g/mol. The van der Waals surface area contributed by atoms with Gasteiger partial charge in [0, 0.05) is 27.2 Å². The lowest BCUT2D eigenvalue weighted by Gasteiger charge is -2.13. The number of pyridine rings is 1. The first kappa shape index (κ1) is 18.0. The van der Waals surface area contributed by atoms with Crippen molar-refractivity contribution >= 4 is 31.5 Å². The molecule has 0 amide bonds. The van der Waals surface area contributed by atoms with E-state index in [1.54, 1.807) is 6.07 Å². The van der Waals surface area contributed by atoms with Crippen molar-refractivity contribution in [3.05, 3.63) is 89.4 Å². The second-order valence-electron chi connectivity index (χ2n) is 7.60. The number of nitrogens with zero attached hydrogens (tertiary/aromatic N) is 1. The maximum absolute atomic E-state index is 14.4. The highest BCUT2D eigenvalue weighted by atomic mass is 32.1. The van der Waals surface area contributed by atoms with Crippen molar-refractivity contribution < 1.29 is 4.39 Å². The van der Waals surface area contributed by atoms with Gasteiger partial charge in [0.05, 0.1) is 10.4 Å². The summed E-state index contributed by atoms with van der Waals surface area (Å²) in [6.07, 6.45) is 1.87. The number of thiophene rings is 1. The molecule has 0 fully saturated rings. The molecule has 3 heteroatoms. The van der Waals surface area contributed by atoms with Gasteiger partial charge in [0.1, 0.15) is 5.82 Å². The van der Waals surface area contributed by atoms with Crippen LogP contribution in [0.1, 0.15) is 16.7 Å². The van der Waals surface area contributed by atoms with Gasteiger partial charge in [0.15, 0.2) is 0 Å². The first-order valence-electron chi connectivity index (χ1n) is 9.67. The summed E-state index contributed by atoms with van der Waals surface area (Å²) in [6.45, 7) is 6.44. The average Bonchev–Trinajstić information content (AvgIpc) is 3.08. The number of halogens is 1. The second-order valence-corrected chi connectivity index (χ2v) is 8.62. The lowest BCUT2D eigenvalue weighted by Crippen LogP contribution is -1.92. The number of benzene rings is 3. The summed E-state index contributed by atoms with van der Waals surface area (Å²) < 4.78 is 16.1. The molecule has 0 spiro atoms. The van der Waals surface area contributed by atoms with E-state index >= 15 is 0 Å². The van der Waals surface area contributed by atoms with E-state index in [1.807, 2.05) is 18.3 Å². The van der Waals surface area contributed by atoms with Gasteiger partial charge < -0.3 is 0 Å². The smallest absolute Gasteiger partial charge is 0.141 e.